The van der Waals surface area contributed by atoms with Gasteiger partial charge in [-0.1, -0.05) is 18.2 Å². The van der Waals surface area contributed by atoms with Crippen LogP contribution in [-0.2, 0) is 6.54 Å². The van der Waals surface area contributed by atoms with Gasteiger partial charge in [-0.3, -0.25) is 4.90 Å². The third-order valence-corrected chi connectivity index (χ3v) is 4.57. The van der Waals surface area contributed by atoms with Gasteiger partial charge in [0.15, 0.2) is 0 Å². The number of rotatable bonds is 4. The molecule has 0 saturated carbocycles. The monoisotopic (exact) mass is 284 g/mol. The Hall–Kier alpha value is -1.58. The SMILES string of the molecule is COc1ccc2cc(CN3CCC(C(C)N)C3)ccc2c1. The Morgan fingerprint density at radius 2 is 2.00 bits per heavy atom. The van der Waals surface area contributed by atoms with Gasteiger partial charge >= 0.3 is 0 Å². The van der Waals surface area contributed by atoms with Crippen molar-refractivity contribution in [3.05, 3.63) is 42.0 Å². The molecule has 0 bridgehead atoms. The summed E-state index contributed by atoms with van der Waals surface area (Å²) in [6.07, 6.45) is 1.22. The second-order valence-corrected chi connectivity index (χ2v) is 6.19. The Morgan fingerprint density at radius 3 is 2.71 bits per heavy atom. The largest absolute Gasteiger partial charge is 0.497 e. The molecule has 1 saturated heterocycles. The first-order chi connectivity index (χ1) is 10.2. The van der Waals surface area contributed by atoms with E-state index in [4.69, 9.17) is 10.5 Å². The number of methoxy groups -OCH3 is 1. The topological polar surface area (TPSA) is 38.5 Å². The number of hydrogen-bond acceptors (Lipinski definition) is 3. The van der Waals surface area contributed by atoms with Gasteiger partial charge in [-0.05, 0) is 60.3 Å². The lowest BCUT2D eigenvalue weighted by Gasteiger charge is -2.18. The zero-order valence-corrected chi connectivity index (χ0v) is 12.9. The number of ether oxygens (including phenoxy) is 1. The van der Waals surface area contributed by atoms with Crippen LogP contribution in [0.1, 0.15) is 18.9 Å². The van der Waals surface area contributed by atoms with Crippen molar-refractivity contribution in [2.45, 2.75) is 25.9 Å². The molecule has 2 N–H and O–H groups in total. The summed E-state index contributed by atoms with van der Waals surface area (Å²) in [4.78, 5) is 2.51. The van der Waals surface area contributed by atoms with Crippen molar-refractivity contribution in [1.29, 1.82) is 0 Å². The fourth-order valence-corrected chi connectivity index (χ4v) is 3.19. The van der Waals surface area contributed by atoms with E-state index in [1.54, 1.807) is 7.11 Å². The number of nitrogens with zero attached hydrogens (tertiary/aromatic N) is 1. The van der Waals surface area contributed by atoms with Crippen molar-refractivity contribution >= 4 is 10.8 Å². The maximum atomic E-state index is 6.02. The number of likely N-dealkylation sites (tertiary alicyclic amines) is 1. The van der Waals surface area contributed by atoms with Gasteiger partial charge in [0.25, 0.3) is 0 Å². The summed E-state index contributed by atoms with van der Waals surface area (Å²) in [5.41, 5.74) is 7.39. The molecule has 1 heterocycles. The van der Waals surface area contributed by atoms with E-state index >= 15 is 0 Å². The first-order valence-electron chi connectivity index (χ1n) is 7.70. The fraction of sp³-hybridized carbons (Fsp3) is 0.444. The highest BCUT2D eigenvalue weighted by Crippen LogP contribution is 2.24. The van der Waals surface area contributed by atoms with E-state index in [0.29, 0.717) is 12.0 Å². The molecule has 0 spiro atoms. The van der Waals surface area contributed by atoms with Crippen molar-refractivity contribution in [1.82, 2.24) is 4.90 Å². The van der Waals surface area contributed by atoms with E-state index in [1.807, 2.05) is 6.07 Å². The van der Waals surface area contributed by atoms with E-state index in [1.165, 1.54) is 22.8 Å². The number of nitrogens with two attached hydrogens (primary N) is 1. The Kier molecular flexibility index (Phi) is 4.13. The molecule has 2 unspecified atom stereocenters. The van der Waals surface area contributed by atoms with Gasteiger partial charge in [0.2, 0.25) is 0 Å². The van der Waals surface area contributed by atoms with Crippen LogP contribution in [-0.4, -0.2) is 31.1 Å². The van der Waals surface area contributed by atoms with Crippen LogP contribution >= 0.6 is 0 Å². The molecular formula is C18H24N2O. The van der Waals surface area contributed by atoms with Gasteiger partial charge in [-0.2, -0.15) is 0 Å². The van der Waals surface area contributed by atoms with Crippen LogP contribution in [0.5, 0.6) is 5.75 Å². The lowest BCUT2D eigenvalue weighted by molar-refractivity contribution is 0.308. The van der Waals surface area contributed by atoms with Crippen LogP contribution in [0.25, 0.3) is 10.8 Å². The molecule has 0 aromatic heterocycles. The number of fused-ring (bicyclic) bond motifs is 1. The molecule has 1 aliphatic heterocycles. The highest BCUT2D eigenvalue weighted by Gasteiger charge is 2.24. The minimum absolute atomic E-state index is 0.305. The van der Waals surface area contributed by atoms with Crippen molar-refractivity contribution in [2.24, 2.45) is 11.7 Å². The first kappa shape index (κ1) is 14.4. The number of benzene rings is 2. The molecule has 21 heavy (non-hydrogen) atoms. The van der Waals surface area contributed by atoms with Crippen LogP contribution < -0.4 is 10.5 Å². The average Bonchev–Trinajstić information content (AvgIpc) is 2.95. The molecular weight excluding hydrogens is 260 g/mol. The predicted octanol–water partition coefficient (Wildman–Crippen LogP) is 3.02. The van der Waals surface area contributed by atoms with Crippen molar-refractivity contribution in [3.8, 4) is 5.75 Å². The Labute approximate surface area is 126 Å². The van der Waals surface area contributed by atoms with Gasteiger partial charge in [0.1, 0.15) is 5.75 Å². The average molecular weight is 284 g/mol. The lowest BCUT2D eigenvalue weighted by atomic mass is 10.0. The van der Waals surface area contributed by atoms with Gasteiger partial charge in [-0.15, -0.1) is 0 Å². The van der Waals surface area contributed by atoms with Crippen LogP contribution in [0.3, 0.4) is 0 Å². The highest BCUT2D eigenvalue weighted by molar-refractivity contribution is 5.84. The lowest BCUT2D eigenvalue weighted by Crippen LogP contribution is -2.29. The van der Waals surface area contributed by atoms with Crippen LogP contribution in [0.4, 0.5) is 0 Å². The molecule has 0 aliphatic carbocycles. The zero-order valence-electron chi connectivity index (χ0n) is 12.9. The summed E-state index contributed by atoms with van der Waals surface area (Å²) in [7, 11) is 1.71. The molecule has 112 valence electrons. The third-order valence-electron chi connectivity index (χ3n) is 4.57. The summed E-state index contributed by atoms with van der Waals surface area (Å²) in [6.45, 7) is 5.42. The van der Waals surface area contributed by atoms with Crippen LogP contribution in [0.15, 0.2) is 36.4 Å². The van der Waals surface area contributed by atoms with Crippen LogP contribution in [0, 0.1) is 5.92 Å². The van der Waals surface area contributed by atoms with Crippen LogP contribution in [0.2, 0.25) is 0 Å². The molecule has 2 atom stereocenters. The molecule has 3 rings (SSSR count). The first-order valence-corrected chi connectivity index (χ1v) is 7.70. The molecule has 3 heteroatoms. The zero-order chi connectivity index (χ0) is 14.8. The highest BCUT2D eigenvalue weighted by atomic mass is 16.5. The molecule has 2 aromatic rings. The Balaban J connectivity index is 1.73. The van der Waals surface area contributed by atoms with Crippen molar-refractivity contribution < 1.29 is 4.74 Å². The van der Waals surface area contributed by atoms with Gasteiger partial charge in [0, 0.05) is 19.1 Å². The van der Waals surface area contributed by atoms with Gasteiger partial charge < -0.3 is 10.5 Å². The summed E-state index contributed by atoms with van der Waals surface area (Å²) >= 11 is 0. The second kappa shape index (κ2) is 6.04. The van der Waals surface area contributed by atoms with E-state index in [2.05, 4.69) is 42.2 Å². The number of hydrogen-bond donors (Lipinski definition) is 1. The predicted molar refractivity (Wildman–Crippen MR) is 87.5 cm³/mol. The van der Waals surface area contributed by atoms with Crippen molar-refractivity contribution in [3.63, 3.8) is 0 Å². The third kappa shape index (κ3) is 3.20. The smallest absolute Gasteiger partial charge is 0.119 e. The standard InChI is InChI=1S/C18H24N2O/c1-13(19)17-7-8-20(12-17)11-14-3-4-16-10-18(21-2)6-5-15(16)9-14/h3-6,9-10,13,17H,7-8,11-12,19H2,1-2H3. The fourth-order valence-electron chi connectivity index (χ4n) is 3.19. The van der Waals surface area contributed by atoms with Crippen molar-refractivity contribution in [2.75, 3.05) is 20.2 Å². The minimum Gasteiger partial charge on any atom is -0.497 e. The Morgan fingerprint density at radius 1 is 1.24 bits per heavy atom. The molecule has 1 aliphatic rings. The Bertz CT molecular complexity index is 624. The van der Waals surface area contributed by atoms with Gasteiger partial charge in [0.05, 0.1) is 7.11 Å². The molecule has 2 aromatic carbocycles. The molecule has 3 nitrogen and oxygen atoms in total. The normalized spacial score (nSPS) is 20.8. The van der Waals surface area contributed by atoms with E-state index in [0.717, 1.165) is 25.4 Å². The second-order valence-electron chi connectivity index (χ2n) is 6.19. The molecule has 0 amide bonds. The molecule has 0 radical (unpaired) electrons. The maximum Gasteiger partial charge on any atom is 0.119 e. The minimum atomic E-state index is 0.305. The maximum absolute atomic E-state index is 6.02. The quantitative estimate of drug-likeness (QED) is 0.938. The van der Waals surface area contributed by atoms with E-state index in [9.17, 15) is 0 Å². The molecule has 1 fully saturated rings. The summed E-state index contributed by atoms with van der Waals surface area (Å²) in [6, 6.07) is 13.2. The van der Waals surface area contributed by atoms with E-state index < -0.39 is 0 Å². The van der Waals surface area contributed by atoms with E-state index in [-0.39, 0.29) is 0 Å². The summed E-state index contributed by atoms with van der Waals surface area (Å²) in [5.74, 6) is 1.56. The van der Waals surface area contributed by atoms with Gasteiger partial charge in [-0.25, -0.2) is 0 Å². The summed E-state index contributed by atoms with van der Waals surface area (Å²) in [5, 5.41) is 2.50. The summed E-state index contributed by atoms with van der Waals surface area (Å²) < 4.78 is 5.27.